The minimum Gasteiger partial charge on any atom is -0.280 e. The molecule has 0 saturated carbocycles. The second-order valence-corrected chi connectivity index (χ2v) is 2.72. The van der Waals surface area contributed by atoms with E-state index in [1.807, 2.05) is 0 Å². The fraction of sp³-hybridized carbons (Fsp3) is 0.500. The first-order chi connectivity index (χ1) is 3.42. The van der Waals surface area contributed by atoms with Gasteiger partial charge < -0.3 is 0 Å². The molecule has 0 amide bonds. The summed E-state index contributed by atoms with van der Waals surface area (Å²) in [7, 11) is 0. The molecule has 0 radical (unpaired) electrons. The molecule has 0 spiro atoms. The number of rotatable bonds is 2. The van der Waals surface area contributed by atoms with Crippen LogP contribution in [0.1, 0.15) is 0 Å². The van der Waals surface area contributed by atoms with Gasteiger partial charge in [0.25, 0.3) is 0 Å². The van der Waals surface area contributed by atoms with Crippen molar-refractivity contribution in [2.45, 2.75) is 0 Å². The zero-order chi connectivity index (χ0) is 6.78. The van der Waals surface area contributed by atoms with Crippen molar-refractivity contribution in [2.24, 2.45) is 0 Å². The summed E-state index contributed by atoms with van der Waals surface area (Å²) in [6.45, 7) is 0. The summed E-state index contributed by atoms with van der Waals surface area (Å²) < 4.78 is 33.3. The molecule has 0 N–H and O–H groups in total. The van der Waals surface area contributed by atoms with Gasteiger partial charge in [0.1, 0.15) is 5.75 Å². The van der Waals surface area contributed by atoms with Crippen molar-refractivity contribution in [3.8, 4) is 0 Å². The average Bonchev–Trinajstić information content (AvgIpc) is 1.21. The molecular formula is C2H2ClF3OS. The van der Waals surface area contributed by atoms with Gasteiger partial charge in [0, 0.05) is 0 Å². The zero-order valence-electron chi connectivity index (χ0n) is 3.54. The van der Waals surface area contributed by atoms with Crippen molar-refractivity contribution >= 4 is 28.0 Å². The first kappa shape index (κ1) is 8.10. The van der Waals surface area contributed by atoms with Crippen molar-refractivity contribution in [1.82, 2.24) is 0 Å². The summed E-state index contributed by atoms with van der Waals surface area (Å²) in [5, 5.41) is -1.34. The van der Waals surface area contributed by atoms with Crippen LogP contribution in [0.5, 0.6) is 0 Å². The lowest BCUT2D eigenvalue weighted by Crippen LogP contribution is -1.95. The van der Waals surface area contributed by atoms with Gasteiger partial charge in [0.2, 0.25) is 16.4 Å². The predicted octanol–water partition coefficient (Wildman–Crippen LogP) is 2.21. The number of hydrogen-bond acceptors (Lipinski definition) is 1. The van der Waals surface area contributed by atoms with Crippen LogP contribution in [0.4, 0.5) is 11.7 Å². The van der Waals surface area contributed by atoms with Gasteiger partial charge in [0.15, 0.2) is 0 Å². The molecule has 0 aliphatic carbocycles. The molecule has 0 rings (SSSR count). The Labute approximate surface area is 51.0 Å². The number of hydrogen-bond donors (Lipinski definition) is 0. The summed E-state index contributed by atoms with van der Waals surface area (Å²) in [4.78, 5) is 9.53. The van der Waals surface area contributed by atoms with E-state index in [0.717, 1.165) is 0 Å². The molecule has 0 aliphatic heterocycles. The van der Waals surface area contributed by atoms with Crippen molar-refractivity contribution in [1.29, 1.82) is 0 Å². The molecule has 0 atom stereocenters. The molecule has 50 valence electrons. The minimum absolute atomic E-state index is 1.34. The maximum Gasteiger partial charge on any atom is 0.237 e. The van der Waals surface area contributed by atoms with E-state index >= 15 is 0 Å². The van der Waals surface area contributed by atoms with Gasteiger partial charge in [-0.05, 0) is 11.6 Å². The molecule has 0 fully saturated rings. The monoisotopic (exact) mass is 166 g/mol. The molecule has 8 heavy (non-hydrogen) atoms. The van der Waals surface area contributed by atoms with E-state index in [9.17, 15) is 16.5 Å². The van der Waals surface area contributed by atoms with Crippen LogP contribution in [-0.4, -0.2) is 11.0 Å². The Morgan fingerprint density at radius 3 is 1.88 bits per heavy atom. The quantitative estimate of drug-likeness (QED) is 0.575. The third kappa shape index (κ3) is 6.10. The molecule has 0 aromatic heterocycles. The van der Waals surface area contributed by atoms with Crippen molar-refractivity contribution in [3.63, 3.8) is 0 Å². The minimum atomic E-state index is -5.20. The topological polar surface area (TPSA) is 17.1 Å². The second-order valence-electron chi connectivity index (χ2n) is 1.00. The van der Waals surface area contributed by atoms with Gasteiger partial charge in [-0.15, -0.1) is 11.7 Å². The molecule has 0 saturated heterocycles. The average molecular weight is 167 g/mol. The summed E-state index contributed by atoms with van der Waals surface area (Å²) in [6.07, 6.45) is 0. The van der Waals surface area contributed by atoms with E-state index in [-0.39, 0.29) is 0 Å². The number of halogens is 4. The van der Waals surface area contributed by atoms with E-state index in [2.05, 4.69) is 11.6 Å². The molecule has 0 aromatic carbocycles. The lowest BCUT2D eigenvalue weighted by atomic mass is 10.9. The first-order valence-corrected chi connectivity index (χ1v) is 3.38. The number of carbonyl (C=O) groups excluding carboxylic acids is 1. The van der Waals surface area contributed by atoms with E-state index in [1.165, 1.54) is 0 Å². The van der Waals surface area contributed by atoms with E-state index in [1.54, 1.807) is 0 Å². The summed E-state index contributed by atoms with van der Waals surface area (Å²) in [5.74, 6) is -1.46. The van der Waals surface area contributed by atoms with Crippen molar-refractivity contribution in [2.75, 3.05) is 5.75 Å². The third-order valence-corrected chi connectivity index (χ3v) is 1.16. The Hall–Kier alpha value is 0.1000. The lowest BCUT2D eigenvalue weighted by molar-refractivity contribution is -0.109. The van der Waals surface area contributed by atoms with Gasteiger partial charge in [0.05, 0.1) is 0 Å². The fourth-order valence-electron chi connectivity index (χ4n) is 0.129. The molecule has 0 aromatic rings. The van der Waals surface area contributed by atoms with Crippen molar-refractivity contribution in [3.05, 3.63) is 0 Å². The second kappa shape index (κ2) is 2.59. The summed E-state index contributed by atoms with van der Waals surface area (Å²) >= 11 is -0.781. The van der Waals surface area contributed by atoms with Gasteiger partial charge >= 0.3 is 0 Å². The van der Waals surface area contributed by atoms with Crippen LogP contribution < -0.4 is 0 Å². The highest BCUT2D eigenvalue weighted by atomic mass is 35.5. The van der Waals surface area contributed by atoms with Gasteiger partial charge in [-0.1, -0.05) is 0 Å². The molecule has 0 heterocycles. The predicted molar refractivity (Wildman–Crippen MR) is 26.6 cm³/mol. The van der Waals surface area contributed by atoms with Crippen LogP contribution in [0.2, 0.25) is 0 Å². The molecule has 0 unspecified atom stereocenters. The lowest BCUT2D eigenvalue weighted by Gasteiger charge is -2.03. The highest BCUT2D eigenvalue weighted by Gasteiger charge is 2.23. The molecule has 1 nitrogen and oxygen atoms in total. The van der Waals surface area contributed by atoms with Crippen LogP contribution in [-0.2, 0) is 4.79 Å². The molecule has 0 bridgehead atoms. The zero-order valence-corrected chi connectivity index (χ0v) is 5.11. The Morgan fingerprint density at radius 1 is 1.50 bits per heavy atom. The SMILES string of the molecule is O=C(Cl)CS(F)(F)F. The summed E-state index contributed by atoms with van der Waals surface area (Å²) in [6, 6.07) is 0. The van der Waals surface area contributed by atoms with Gasteiger partial charge in [-0.25, -0.2) is 0 Å². The van der Waals surface area contributed by atoms with E-state index in [0.29, 0.717) is 0 Å². The van der Waals surface area contributed by atoms with E-state index in [4.69, 9.17) is 0 Å². The highest BCUT2D eigenvalue weighted by molar-refractivity contribution is 8.21. The third-order valence-electron chi connectivity index (χ3n) is 0.277. The highest BCUT2D eigenvalue weighted by Crippen LogP contribution is 2.52. The fourth-order valence-corrected chi connectivity index (χ4v) is 0.757. The summed E-state index contributed by atoms with van der Waals surface area (Å²) in [5.41, 5.74) is 0. The maximum absolute atomic E-state index is 11.1. The Kier molecular flexibility index (Phi) is 2.62. The Morgan fingerprint density at radius 2 is 1.88 bits per heavy atom. The maximum atomic E-state index is 11.1. The van der Waals surface area contributed by atoms with Gasteiger partial charge in [-0.2, -0.15) is 0 Å². The molecular weight excluding hydrogens is 165 g/mol. The standard InChI is InChI=1S/C2H2ClF3OS/c3-2(7)1-8(4,5)6/h1H2. The van der Waals surface area contributed by atoms with Crippen LogP contribution in [0, 0.1) is 0 Å². The van der Waals surface area contributed by atoms with E-state index < -0.39 is 22.2 Å². The Bertz CT molecular complexity index is 99.9. The largest absolute Gasteiger partial charge is 0.280 e. The van der Waals surface area contributed by atoms with Crippen LogP contribution in [0.3, 0.4) is 0 Å². The van der Waals surface area contributed by atoms with Crippen LogP contribution >= 0.6 is 22.8 Å². The molecule has 6 heteroatoms. The number of carbonyl (C=O) groups is 1. The van der Waals surface area contributed by atoms with Gasteiger partial charge in [-0.3, -0.25) is 4.79 Å². The van der Waals surface area contributed by atoms with Crippen LogP contribution in [0.25, 0.3) is 0 Å². The Balaban J connectivity index is 3.55. The normalized spacial score (nSPS) is 13.5. The van der Waals surface area contributed by atoms with Crippen molar-refractivity contribution < 1.29 is 16.5 Å². The smallest absolute Gasteiger partial charge is 0.237 e. The molecule has 0 aliphatic rings. The van der Waals surface area contributed by atoms with Crippen LogP contribution in [0.15, 0.2) is 0 Å². The first-order valence-electron chi connectivity index (χ1n) is 1.50.